The zero-order valence-electron chi connectivity index (χ0n) is 10.5. The second kappa shape index (κ2) is 5.56. The van der Waals surface area contributed by atoms with Crippen LogP contribution < -0.4 is 16.0 Å². The molecule has 0 aromatic rings. The van der Waals surface area contributed by atoms with E-state index >= 15 is 0 Å². The lowest BCUT2D eigenvalue weighted by molar-refractivity contribution is -0.139. The molecule has 1 saturated heterocycles. The maximum absolute atomic E-state index is 11.9. The summed E-state index contributed by atoms with van der Waals surface area (Å²) >= 11 is 0. The van der Waals surface area contributed by atoms with E-state index in [9.17, 15) is 9.59 Å². The summed E-state index contributed by atoms with van der Waals surface area (Å²) in [6.45, 7) is 1.84. The highest BCUT2D eigenvalue weighted by molar-refractivity contribution is 5.77. The van der Waals surface area contributed by atoms with Crippen molar-refractivity contribution in [2.75, 3.05) is 13.1 Å². The number of aliphatic carboxylic acids is 1. The summed E-state index contributed by atoms with van der Waals surface area (Å²) in [5, 5.41) is 17.9. The number of carbonyl (C=O) groups is 2. The van der Waals surface area contributed by atoms with Crippen molar-refractivity contribution in [1.82, 2.24) is 16.0 Å². The quantitative estimate of drug-likeness (QED) is 0.586. The Balaban J connectivity index is 1.80. The molecule has 2 amide bonds. The van der Waals surface area contributed by atoms with E-state index in [4.69, 9.17) is 5.11 Å². The number of rotatable bonds is 4. The fourth-order valence-corrected chi connectivity index (χ4v) is 2.67. The average molecular weight is 255 g/mol. The summed E-state index contributed by atoms with van der Waals surface area (Å²) in [4.78, 5) is 22.7. The van der Waals surface area contributed by atoms with Crippen LogP contribution in [0.25, 0.3) is 0 Å². The Hall–Kier alpha value is -1.30. The Morgan fingerprint density at radius 1 is 1.28 bits per heavy atom. The van der Waals surface area contributed by atoms with Crippen molar-refractivity contribution in [2.45, 2.75) is 50.1 Å². The number of piperidine rings is 1. The third kappa shape index (κ3) is 3.35. The SMILES string of the molecule is O=C(O)CC1(NC(=O)NC2CCNCC2)CCC1. The topological polar surface area (TPSA) is 90.5 Å². The number of amides is 2. The second-order valence-electron chi connectivity index (χ2n) is 5.33. The molecule has 1 saturated carbocycles. The molecule has 0 spiro atoms. The molecule has 102 valence electrons. The molecule has 4 N–H and O–H groups in total. The van der Waals surface area contributed by atoms with E-state index < -0.39 is 11.5 Å². The van der Waals surface area contributed by atoms with E-state index in [2.05, 4.69) is 16.0 Å². The first-order valence-corrected chi connectivity index (χ1v) is 6.61. The predicted octanol–water partition coefficient (Wildman–Crippen LogP) is 0.435. The first kappa shape index (κ1) is 13.1. The van der Waals surface area contributed by atoms with Gasteiger partial charge in [-0.25, -0.2) is 4.79 Å². The van der Waals surface area contributed by atoms with E-state index in [0.717, 1.165) is 45.2 Å². The van der Waals surface area contributed by atoms with Crippen LogP contribution in [0, 0.1) is 0 Å². The van der Waals surface area contributed by atoms with E-state index in [-0.39, 0.29) is 18.5 Å². The van der Waals surface area contributed by atoms with Crippen LogP contribution in [0.15, 0.2) is 0 Å². The van der Waals surface area contributed by atoms with Gasteiger partial charge < -0.3 is 21.1 Å². The minimum Gasteiger partial charge on any atom is -0.481 e. The van der Waals surface area contributed by atoms with E-state index in [1.807, 2.05) is 0 Å². The maximum Gasteiger partial charge on any atom is 0.315 e. The van der Waals surface area contributed by atoms with Gasteiger partial charge in [0.1, 0.15) is 0 Å². The Kier molecular flexibility index (Phi) is 4.06. The standard InChI is InChI=1S/C12H21N3O3/c16-10(17)8-12(4-1-5-12)15-11(18)14-9-2-6-13-7-3-9/h9,13H,1-8H2,(H,16,17)(H2,14,15,18). The van der Waals surface area contributed by atoms with Gasteiger partial charge in [-0.1, -0.05) is 0 Å². The highest BCUT2D eigenvalue weighted by Gasteiger charge is 2.40. The Morgan fingerprint density at radius 2 is 1.94 bits per heavy atom. The number of nitrogens with one attached hydrogen (secondary N) is 3. The van der Waals surface area contributed by atoms with Gasteiger partial charge in [0.2, 0.25) is 0 Å². The summed E-state index contributed by atoms with van der Waals surface area (Å²) in [6, 6.07) is -0.0175. The third-order valence-corrected chi connectivity index (χ3v) is 3.85. The molecule has 2 aliphatic rings. The maximum atomic E-state index is 11.9. The lowest BCUT2D eigenvalue weighted by Gasteiger charge is -2.41. The van der Waals surface area contributed by atoms with Crippen LogP contribution in [-0.4, -0.2) is 41.8 Å². The molecular formula is C12H21N3O3. The average Bonchev–Trinajstić information content (AvgIpc) is 2.26. The molecule has 18 heavy (non-hydrogen) atoms. The summed E-state index contributed by atoms with van der Waals surface area (Å²) in [6.07, 6.45) is 4.39. The molecule has 0 radical (unpaired) electrons. The minimum absolute atomic E-state index is 0.0205. The molecule has 0 aromatic heterocycles. The predicted molar refractivity (Wildman–Crippen MR) is 66.4 cm³/mol. The Bertz CT molecular complexity index is 323. The van der Waals surface area contributed by atoms with Gasteiger partial charge >= 0.3 is 12.0 Å². The van der Waals surface area contributed by atoms with Crippen LogP contribution in [0.3, 0.4) is 0 Å². The monoisotopic (exact) mass is 255 g/mol. The number of carboxylic acid groups (broad SMARTS) is 1. The second-order valence-corrected chi connectivity index (χ2v) is 5.33. The van der Waals surface area contributed by atoms with E-state index in [0.29, 0.717) is 0 Å². The normalized spacial score (nSPS) is 22.9. The number of carboxylic acids is 1. The van der Waals surface area contributed by atoms with Crippen molar-refractivity contribution in [2.24, 2.45) is 0 Å². The number of carbonyl (C=O) groups excluding carboxylic acids is 1. The van der Waals surface area contributed by atoms with Gasteiger partial charge in [0.05, 0.1) is 12.0 Å². The van der Waals surface area contributed by atoms with Crippen molar-refractivity contribution >= 4 is 12.0 Å². The lowest BCUT2D eigenvalue weighted by atomic mass is 9.74. The molecule has 6 heteroatoms. The largest absolute Gasteiger partial charge is 0.481 e. The van der Waals surface area contributed by atoms with Crippen molar-refractivity contribution in [1.29, 1.82) is 0 Å². The molecule has 1 aliphatic carbocycles. The molecule has 0 atom stereocenters. The molecule has 1 aliphatic heterocycles. The summed E-state index contributed by atoms with van der Waals surface area (Å²) in [5.41, 5.74) is -0.511. The summed E-state index contributed by atoms with van der Waals surface area (Å²) in [5.74, 6) is -0.850. The zero-order valence-corrected chi connectivity index (χ0v) is 10.5. The molecule has 0 bridgehead atoms. The third-order valence-electron chi connectivity index (χ3n) is 3.85. The number of hydrogen-bond donors (Lipinski definition) is 4. The van der Waals surface area contributed by atoms with Gasteiger partial charge in [0.25, 0.3) is 0 Å². The van der Waals surface area contributed by atoms with Crippen molar-refractivity contribution < 1.29 is 14.7 Å². The fourth-order valence-electron chi connectivity index (χ4n) is 2.67. The Morgan fingerprint density at radius 3 is 2.44 bits per heavy atom. The van der Waals surface area contributed by atoms with E-state index in [1.54, 1.807) is 0 Å². The van der Waals surface area contributed by atoms with Crippen molar-refractivity contribution in [3.63, 3.8) is 0 Å². The first-order chi connectivity index (χ1) is 8.60. The fraction of sp³-hybridized carbons (Fsp3) is 0.833. The van der Waals surface area contributed by atoms with Crippen LogP contribution in [-0.2, 0) is 4.79 Å². The van der Waals surface area contributed by atoms with Gasteiger partial charge in [-0.2, -0.15) is 0 Å². The van der Waals surface area contributed by atoms with Crippen LogP contribution >= 0.6 is 0 Å². The smallest absolute Gasteiger partial charge is 0.315 e. The van der Waals surface area contributed by atoms with Crippen LogP contribution in [0.5, 0.6) is 0 Å². The highest BCUT2D eigenvalue weighted by Crippen LogP contribution is 2.34. The van der Waals surface area contributed by atoms with Gasteiger partial charge in [-0.3, -0.25) is 4.79 Å². The lowest BCUT2D eigenvalue weighted by Crippen LogP contribution is -2.59. The molecule has 1 heterocycles. The number of urea groups is 1. The molecular weight excluding hydrogens is 234 g/mol. The van der Waals surface area contributed by atoms with Crippen molar-refractivity contribution in [3.8, 4) is 0 Å². The van der Waals surface area contributed by atoms with Crippen molar-refractivity contribution in [3.05, 3.63) is 0 Å². The Labute approximate surface area is 107 Å². The number of hydrogen-bond acceptors (Lipinski definition) is 3. The van der Waals surface area contributed by atoms with Gasteiger partial charge in [-0.05, 0) is 45.2 Å². The first-order valence-electron chi connectivity index (χ1n) is 6.61. The molecule has 0 aromatic carbocycles. The molecule has 6 nitrogen and oxygen atoms in total. The summed E-state index contributed by atoms with van der Waals surface area (Å²) in [7, 11) is 0. The molecule has 2 rings (SSSR count). The van der Waals surface area contributed by atoms with Crippen LogP contribution in [0.4, 0.5) is 4.79 Å². The van der Waals surface area contributed by atoms with Crippen LogP contribution in [0.2, 0.25) is 0 Å². The molecule has 0 unspecified atom stereocenters. The highest BCUT2D eigenvalue weighted by atomic mass is 16.4. The minimum atomic E-state index is -0.850. The van der Waals surface area contributed by atoms with Crippen LogP contribution in [0.1, 0.15) is 38.5 Å². The van der Waals surface area contributed by atoms with E-state index in [1.165, 1.54) is 0 Å². The molecule has 2 fully saturated rings. The summed E-state index contributed by atoms with van der Waals surface area (Å²) < 4.78 is 0. The van der Waals surface area contributed by atoms with Gasteiger partial charge in [0.15, 0.2) is 0 Å². The van der Waals surface area contributed by atoms with Gasteiger partial charge in [-0.15, -0.1) is 0 Å². The van der Waals surface area contributed by atoms with Gasteiger partial charge in [0, 0.05) is 6.04 Å². The zero-order chi connectivity index (χ0) is 13.0.